The molecule has 2 amide bonds. The summed E-state index contributed by atoms with van der Waals surface area (Å²) in [6.45, 7) is 4.36. The zero-order valence-corrected chi connectivity index (χ0v) is 19.0. The van der Waals surface area contributed by atoms with Crippen molar-refractivity contribution in [3.63, 3.8) is 0 Å². The molecule has 1 unspecified atom stereocenters. The molecule has 170 valence electrons. The average molecular weight is 453 g/mol. The van der Waals surface area contributed by atoms with Crippen LogP contribution in [0.4, 0.5) is 11.4 Å². The maximum absolute atomic E-state index is 12.8. The van der Waals surface area contributed by atoms with Gasteiger partial charge in [0.05, 0.1) is 5.92 Å². The zero-order valence-electron chi connectivity index (χ0n) is 19.0. The van der Waals surface area contributed by atoms with E-state index in [2.05, 4.69) is 15.5 Å². The van der Waals surface area contributed by atoms with Crippen LogP contribution in [0.5, 0.6) is 0 Å². The highest BCUT2D eigenvalue weighted by Gasteiger charge is 2.35. The molecule has 1 fully saturated rings. The first kappa shape index (κ1) is 21.6. The molecule has 0 radical (unpaired) electrons. The van der Waals surface area contributed by atoms with Crippen LogP contribution in [-0.2, 0) is 9.59 Å². The van der Waals surface area contributed by atoms with Crippen LogP contribution in [0.25, 0.3) is 22.8 Å². The molecule has 1 N–H and O–H groups in total. The van der Waals surface area contributed by atoms with Crippen LogP contribution in [0, 0.1) is 19.8 Å². The molecule has 0 saturated carbocycles. The van der Waals surface area contributed by atoms with E-state index in [0.717, 1.165) is 27.9 Å². The minimum atomic E-state index is -0.403. The molecule has 1 aliphatic heterocycles. The fourth-order valence-corrected chi connectivity index (χ4v) is 4.08. The van der Waals surface area contributed by atoms with Crippen molar-refractivity contribution in [2.45, 2.75) is 20.3 Å². The monoisotopic (exact) mass is 452 g/mol. The number of hydrogen-bond acceptors (Lipinski definition) is 5. The van der Waals surface area contributed by atoms with Crippen molar-refractivity contribution in [1.29, 1.82) is 0 Å². The van der Waals surface area contributed by atoms with E-state index < -0.39 is 5.92 Å². The minimum Gasteiger partial charge on any atom is -0.334 e. The summed E-state index contributed by atoms with van der Waals surface area (Å²) in [6, 6.07) is 22.8. The first-order valence-electron chi connectivity index (χ1n) is 11.2. The number of carbonyl (C=O) groups excluding carboxylic acids is 2. The molecule has 4 aromatic rings. The van der Waals surface area contributed by atoms with Crippen LogP contribution in [0.2, 0.25) is 0 Å². The molecule has 1 saturated heterocycles. The summed E-state index contributed by atoms with van der Waals surface area (Å²) in [5, 5.41) is 6.99. The zero-order chi connectivity index (χ0) is 23.7. The molecule has 2 heterocycles. The Morgan fingerprint density at radius 2 is 1.68 bits per heavy atom. The van der Waals surface area contributed by atoms with Crippen molar-refractivity contribution >= 4 is 23.2 Å². The molecule has 0 bridgehead atoms. The summed E-state index contributed by atoms with van der Waals surface area (Å²) >= 11 is 0. The van der Waals surface area contributed by atoms with E-state index in [-0.39, 0.29) is 18.2 Å². The number of nitrogens with zero attached hydrogens (tertiary/aromatic N) is 3. The van der Waals surface area contributed by atoms with Gasteiger partial charge in [-0.1, -0.05) is 53.2 Å². The van der Waals surface area contributed by atoms with Gasteiger partial charge in [0.15, 0.2) is 0 Å². The number of anilines is 2. The van der Waals surface area contributed by atoms with E-state index in [9.17, 15) is 9.59 Å². The number of para-hydroxylation sites is 1. The third kappa shape index (κ3) is 4.32. The van der Waals surface area contributed by atoms with Crippen molar-refractivity contribution in [3.05, 3.63) is 83.9 Å². The third-order valence-electron chi connectivity index (χ3n) is 6.04. The lowest BCUT2D eigenvalue weighted by molar-refractivity contribution is -0.122. The number of rotatable bonds is 5. The van der Waals surface area contributed by atoms with E-state index in [1.807, 2.05) is 74.5 Å². The Morgan fingerprint density at radius 3 is 2.41 bits per heavy atom. The van der Waals surface area contributed by atoms with Gasteiger partial charge in [-0.3, -0.25) is 9.59 Å². The van der Waals surface area contributed by atoms with Gasteiger partial charge in [-0.2, -0.15) is 4.98 Å². The number of hydrogen-bond donors (Lipinski definition) is 1. The summed E-state index contributed by atoms with van der Waals surface area (Å²) in [5.41, 5.74) is 5.32. The lowest BCUT2D eigenvalue weighted by Crippen LogP contribution is -2.28. The highest BCUT2D eigenvalue weighted by Crippen LogP contribution is 2.29. The second kappa shape index (κ2) is 8.94. The van der Waals surface area contributed by atoms with Crippen molar-refractivity contribution in [3.8, 4) is 22.8 Å². The van der Waals surface area contributed by atoms with E-state index in [0.29, 0.717) is 23.9 Å². The van der Waals surface area contributed by atoms with Gasteiger partial charge in [0.1, 0.15) is 0 Å². The predicted molar refractivity (Wildman–Crippen MR) is 130 cm³/mol. The van der Waals surface area contributed by atoms with Gasteiger partial charge in [-0.15, -0.1) is 0 Å². The quantitative estimate of drug-likeness (QED) is 0.460. The van der Waals surface area contributed by atoms with E-state index in [4.69, 9.17) is 4.52 Å². The predicted octanol–water partition coefficient (Wildman–Crippen LogP) is 5.01. The van der Waals surface area contributed by atoms with Crippen molar-refractivity contribution < 1.29 is 14.1 Å². The number of nitrogens with one attached hydrogen (secondary N) is 1. The molecular formula is C27H24N4O3. The smallest absolute Gasteiger partial charge is 0.258 e. The molecule has 1 aromatic heterocycles. The molecule has 7 nitrogen and oxygen atoms in total. The van der Waals surface area contributed by atoms with E-state index in [1.165, 1.54) is 0 Å². The Balaban J connectivity index is 1.24. The maximum Gasteiger partial charge on any atom is 0.258 e. The second-order valence-corrected chi connectivity index (χ2v) is 8.55. The maximum atomic E-state index is 12.8. The van der Waals surface area contributed by atoms with Gasteiger partial charge in [0, 0.05) is 35.5 Å². The average Bonchev–Trinajstić information content (AvgIpc) is 3.48. The van der Waals surface area contributed by atoms with Crippen LogP contribution in [0.3, 0.4) is 0 Å². The molecule has 1 aliphatic rings. The van der Waals surface area contributed by atoms with E-state index in [1.54, 1.807) is 17.0 Å². The lowest BCUT2D eigenvalue weighted by atomic mass is 10.1. The highest BCUT2D eigenvalue weighted by molar-refractivity contribution is 6.03. The first-order chi connectivity index (χ1) is 16.5. The topological polar surface area (TPSA) is 88.3 Å². The van der Waals surface area contributed by atoms with Crippen LogP contribution < -0.4 is 10.2 Å². The largest absolute Gasteiger partial charge is 0.334 e. The van der Waals surface area contributed by atoms with Crippen LogP contribution in [-0.4, -0.2) is 28.5 Å². The SMILES string of the molecule is Cc1ccc(-c2noc(-c3ccc(NC(=O)C4CC(=O)N(c5ccccc5C)C4)cc3)n2)cc1. The van der Waals surface area contributed by atoms with Gasteiger partial charge in [0.2, 0.25) is 17.6 Å². The van der Waals surface area contributed by atoms with Crippen molar-refractivity contribution in [2.75, 3.05) is 16.8 Å². The molecule has 7 heteroatoms. The molecule has 1 atom stereocenters. The molecule has 0 spiro atoms. The Bertz CT molecular complexity index is 1340. The van der Waals surface area contributed by atoms with Gasteiger partial charge in [0.25, 0.3) is 5.89 Å². The van der Waals surface area contributed by atoms with E-state index >= 15 is 0 Å². The summed E-state index contributed by atoms with van der Waals surface area (Å²) in [4.78, 5) is 31.5. The Morgan fingerprint density at radius 1 is 0.971 bits per heavy atom. The second-order valence-electron chi connectivity index (χ2n) is 8.55. The highest BCUT2D eigenvalue weighted by atomic mass is 16.5. The first-order valence-corrected chi connectivity index (χ1v) is 11.2. The van der Waals surface area contributed by atoms with Gasteiger partial charge in [-0.05, 0) is 49.7 Å². The van der Waals surface area contributed by atoms with Crippen molar-refractivity contribution in [1.82, 2.24) is 10.1 Å². The fraction of sp³-hybridized carbons (Fsp3) is 0.185. The molecule has 5 rings (SSSR count). The standard InChI is InChI=1S/C27H24N4O3/c1-17-7-9-19(10-8-17)25-29-27(34-30-25)20-11-13-22(14-12-20)28-26(33)21-15-24(32)31(16-21)23-6-4-3-5-18(23)2/h3-14,21H,15-16H2,1-2H3,(H,28,33). The Kier molecular flexibility index (Phi) is 5.67. The summed E-state index contributed by atoms with van der Waals surface area (Å²) in [6.07, 6.45) is 0.196. The lowest BCUT2D eigenvalue weighted by Gasteiger charge is -2.19. The minimum absolute atomic E-state index is 0.0365. The number of aryl methyl sites for hydroxylation is 2. The summed E-state index contributed by atoms with van der Waals surface area (Å²) in [7, 11) is 0. The van der Waals surface area contributed by atoms with Crippen LogP contribution in [0.15, 0.2) is 77.3 Å². The van der Waals surface area contributed by atoms with Gasteiger partial charge in [-0.25, -0.2) is 0 Å². The summed E-state index contributed by atoms with van der Waals surface area (Å²) < 4.78 is 5.42. The van der Waals surface area contributed by atoms with Crippen molar-refractivity contribution in [2.24, 2.45) is 5.92 Å². The normalized spacial score (nSPS) is 15.5. The number of benzene rings is 3. The Labute approximate surface area is 197 Å². The third-order valence-corrected chi connectivity index (χ3v) is 6.04. The Hall–Kier alpha value is -4.26. The number of amides is 2. The van der Waals surface area contributed by atoms with Gasteiger partial charge >= 0.3 is 0 Å². The molecular weight excluding hydrogens is 428 g/mol. The molecule has 34 heavy (non-hydrogen) atoms. The number of aromatic nitrogens is 2. The number of carbonyl (C=O) groups is 2. The summed E-state index contributed by atoms with van der Waals surface area (Å²) in [5.74, 6) is 0.321. The van der Waals surface area contributed by atoms with Gasteiger partial charge < -0.3 is 14.7 Å². The molecule has 3 aromatic carbocycles. The fourth-order valence-electron chi connectivity index (χ4n) is 4.08. The molecule has 0 aliphatic carbocycles. The van der Waals surface area contributed by atoms with Crippen LogP contribution in [0.1, 0.15) is 17.5 Å². The van der Waals surface area contributed by atoms with Crippen LogP contribution >= 0.6 is 0 Å².